The van der Waals surface area contributed by atoms with E-state index >= 15 is 0 Å². The maximum atomic E-state index is 13.0. The zero-order valence-corrected chi connectivity index (χ0v) is 19.2. The number of hydrogen-bond acceptors (Lipinski definition) is 4. The van der Waals surface area contributed by atoms with Crippen LogP contribution >= 0.6 is 0 Å². The van der Waals surface area contributed by atoms with Gasteiger partial charge in [0.15, 0.2) is 11.5 Å². The van der Waals surface area contributed by atoms with Crippen LogP contribution in [0.2, 0.25) is 0 Å². The standard InChI is InChI=1S/C25H33N3O4/c1-16(2)13-21(28-25(30)26-15-19-7-5-17(3)6-8-19)24(29)27-18(4)20-9-10-22-23(14-20)32-12-11-31-22/h5-10,14,16,18,21H,11-13,15H2,1-4H3,(H,27,29)(H2,26,28,30)/t18-,21-/m1/s1. The molecular weight excluding hydrogens is 406 g/mol. The van der Waals surface area contributed by atoms with Gasteiger partial charge < -0.3 is 25.4 Å². The summed E-state index contributed by atoms with van der Waals surface area (Å²) in [7, 11) is 0. The van der Waals surface area contributed by atoms with Crippen LogP contribution in [-0.2, 0) is 11.3 Å². The third kappa shape index (κ3) is 6.64. The normalized spacial score (nSPS) is 14.4. The van der Waals surface area contributed by atoms with Crippen molar-refractivity contribution in [2.75, 3.05) is 13.2 Å². The van der Waals surface area contributed by atoms with Gasteiger partial charge in [-0.3, -0.25) is 4.79 Å². The van der Waals surface area contributed by atoms with Crippen molar-refractivity contribution < 1.29 is 19.1 Å². The summed E-state index contributed by atoms with van der Waals surface area (Å²) in [6.07, 6.45) is 0.539. The largest absolute Gasteiger partial charge is 0.486 e. The summed E-state index contributed by atoms with van der Waals surface area (Å²) in [5.74, 6) is 1.42. The molecule has 0 aliphatic carbocycles. The number of rotatable bonds is 8. The molecule has 1 heterocycles. The Morgan fingerprint density at radius 2 is 1.62 bits per heavy atom. The van der Waals surface area contributed by atoms with E-state index in [0.29, 0.717) is 37.7 Å². The molecule has 0 spiro atoms. The molecule has 0 radical (unpaired) electrons. The summed E-state index contributed by atoms with van der Waals surface area (Å²) < 4.78 is 11.2. The SMILES string of the molecule is Cc1ccc(CNC(=O)N[C@H](CC(C)C)C(=O)N[C@H](C)c2ccc3c(c2)OCCO3)cc1. The van der Waals surface area contributed by atoms with Crippen molar-refractivity contribution in [1.82, 2.24) is 16.0 Å². The van der Waals surface area contributed by atoms with Gasteiger partial charge in [0.25, 0.3) is 0 Å². The maximum absolute atomic E-state index is 13.0. The first-order chi connectivity index (χ1) is 15.3. The minimum atomic E-state index is -0.632. The number of carbonyl (C=O) groups is 2. The van der Waals surface area contributed by atoms with E-state index in [1.165, 1.54) is 5.56 Å². The lowest BCUT2D eigenvalue weighted by molar-refractivity contribution is -0.124. The van der Waals surface area contributed by atoms with Crippen molar-refractivity contribution in [2.45, 2.75) is 52.7 Å². The quantitative estimate of drug-likeness (QED) is 0.583. The van der Waals surface area contributed by atoms with E-state index in [4.69, 9.17) is 9.47 Å². The monoisotopic (exact) mass is 439 g/mol. The molecule has 7 heteroatoms. The van der Waals surface area contributed by atoms with Gasteiger partial charge in [0.05, 0.1) is 6.04 Å². The van der Waals surface area contributed by atoms with Crippen molar-refractivity contribution in [3.05, 3.63) is 59.2 Å². The number of ether oxygens (including phenoxy) is 2. The summed E-state index contributed by atoms with van der Waals surface area (Å²) >= 11 is 0. The molecule has 7 nitrogen and oxygen atoms in total. The van der Waals surface area contributed by atoms with Gasteiger partial charge in [-0.1, -0.05) is 49.7 Å². The Bertz CT molecular complexity index is 927. The summed E-state index contributed by atoms with van der Waals surface area (Å²) in [6.45, 7) is 9.42. The van der Waals surface area contributed by atoms with Crippen molar-refractivity contribution >= 4 is 11.9 Å². The molecule has 0 saturated heterocycles. The fourth-order valence-electron chi connectivity index (χ4n) is 3.53. The summed E-state index contributed by atoms with van der Waals surface area (Å²) in [4.78, 5) is 25.5. The molecule has 3 rings (SSSR count). The van der Waals surface area contributed by atoms with E-state index < -0.39 is 6.04 Å². The second kappa shape index (κ2) is 10.9. The fraction of sp³-hybridized carbons (Fsp3) is 0.440. The van der Waals surface area contributed by atoms with Crippen molar-refractivity contribution in [3.63, 3.8) is 0 Å². The zero-order valence-electron chi connectivity index (χ0n) is 19.2. The third-order valence-electron chi connectivity index (χ3n) is 5.33. The van der Waals surface area contributed by atoms with Crippen LogP contribution in [0.4, 0.5) is 4.79 Å². The highest BCUT2D eigenvalue weighted by Crippen LogP contribution is 2.32. The van der Waals surface area contributed by atoms with Crippen LogP contribution in [0.1, 0.15) is 49.9 Å². The van der Waals surface area contributed by atoms with E-state index in [9.17, 15) is 9.59 Å². The number of fused-ring (bicyclic) bond motifs is 1. The van der Waals surface area contributed by atoms with Gasteiger partial charge in [-0.05, 0) is 49.4 Å². The average Bonchev–Trinajstić information content (AvgIpc) is 2.77. The molecule has 0 bridgehead atoms. The Labute approximate surface area is 189 Å². The van der Waals surface area contributed by atoms with Gasteiger partial charge in [-0.2, -0.15) is 0 Å². The first-order valence-corrected chi connectivity index (χ1v) is 11.1. The van der Waals surface area contributed by atoms with Gasteiger partial charge in [0, 0.05) is 6.54 Å². The smallest absolute Gasteiger partial charge is 0.315 e. The second-order valence-electron chi connectivity index (χ2n) is 8.63. The minimum Gasteiger partial charge on any atom is -0.486 e. The molecule has 172 valence electrons. The Balaban J connectivity index is 1.58. The molecule has 0 saturated carbocycles. The molecule has 0 unspecified atom stereocenters. The van der Waals surface area contributed by atoms with Gasteiger partial charge in [0.1, 0.15) is 19.3 Å². The lowest BCUT2D eigenvalue weighted by Gasteiger charge is -2.24. The van der Waals surface area contributed by atoms with Crippen LogP contribution in [0.25, 0.3) is 0 Å². The van der Waals surface area contributed by atoms with Crippen molar-refractivity contribution in [3.8, 4) is 11.5 Å². The van der Waals surface area contributed by atoms with E-state index in [1.807, 2.05) is 70.2 Å². The van der Waals surface area contributed by atoms with E-state index in [1.54, 1.807) is 0 Å². The predicted octanol–water partition coefficient (Wildman–Crippen LogP) is 3.86. The van der Waals surface area contributed by atoms with Crippen LogP contribution in [0, 0.1) is 12.8 Å². The summed E-state index contributed by atoms with van der Waals surface area (Å²) in [6, 6.07) is 12.4. The molecule has 3 N–H and O–H groups in total. The second-order valence-corrected chi connectivity index (χ2v) is 8.63. The van der Waals surface area contributed by atoms with Gasteiger partial charge in [0.2, 0.25) is 5.91 Å². The van der Waals surface area contributed by atoms with Gasteiger partial charge in [-0.15, -0.1) is 0 Å². The van der Waals surface area contributed by atoms with E-state index in [0.717, 1.165) is 11.1 Å². The number of carbonyl (C=O) groups excluding carboxylic acids is 2. The maximum Gasteiger partial charge on any atom is 0.315 e. The number of hydrogen-bond donors (Lipinski definition) is 3. The molecular formula is C25H33N3O4. The lowest BCUT2D eigenvalue weighted by atomic mass is 10.0. The van der Waals surface area contributed by atoms with E-state index in [2.05, 4.69) is 16.0 Å². The van der Waals surface area contributed by atoms with Crippen molar-refractivity contribution in [2.24, 2.45) is 5.92 Å². The van der Waals surface area contributed by atoms with Crippen LogP contribution < -0.4 is 25.4 Å². The lowest BCUT2D eigenvalue weighted by Crippen LogP contribution is -2.50. The number of aryl methyl sites for hydroxylation is 1. The van der Waals surface area contributed by atoms with Crippen LogP contribution in [-0.4, -0.2) is 31.2 Å². The molecule has 0 fully saturated rings. The zero-order chi connectivity index (χ0) is 23.1. The summed E-state index contributed by atoms with van der Waals surface area (Å²) in [5, 5.41) is 8.68. The third-order valence-corrected chi connectivity index (χ3v) is 5.33. The molecule has 32 heavy (non-hydrogen) atoms. The Morgan fingerprint density at radius 3 is 2.31 bits per heavy atom. The number of nitrogens with one attached hydrogen (secondary N) is 3. The highest BCUT2D eigenvalue weighted by Gasteiger charge is 2.24. The Hall–Kier alpha value is -3.22. The highest BCUT2D eigenvalue weighted by atomic mass is 16.6. The predicted molar refractivity (Wildman–Crippen MR) is 124 cm³/mol. The molecule has 0 aromatic heterocycles. The first kappa shape index (κ1) is 23.4. The Morgan fingerprint density at radius 1 is 0.938 bits per heavy atom. The van der Waals surface area contributed by atoms with Crippen LogP contribution in [0.5, 0.6) is 11.5 Å². The summed E-state index contributed by atoms with van der Waals surface area (Å²) in [5.41, 5.74) is 3.08. The molecule has 2 aromatic rings. The number of amides is 3. The first-order valence-electron chi connectivity index (χ1n) is 11.1. The molecule has 1 aliphatic heterocycles. The van der Waals surface area contributed by atoms with Gasteiger partial charge >= 0.3 is 6.03 Å². The topological polar surface area (TPSA) is 88.7 Å². The Kier molecular flexibility index (Phi) is 7.98. The number of urea groups is 1. The van der Waals surface area contributed by atoms with Crippen molar-refractivity contribution in [1.29, 1.82) is 0 Å². The van der Waals surface area contributed by atoms with Crippen LogP contribution in [0.15, 0.2) is 42.5 Å². The molecule has 1 aliphatic rings. The number of benzene rings is 2. The minimum absolute atomic E-state index is 0.216. The van der Waals surface area contributed by atoms with Gasteiger partial charge in [-0.25, -0.2) is 4.79 Å². The average molecular weight is 440 g/mol. The fourth-order valence-corrected chi connectivity index (χ4v) is 3.53. The molecule has 2 aromatic carbocycles. The van der Waals surface area contributed by atoms with E-state index in [-0.39, 0.29) is 23.9 Å². The molecule has 3 amide bonds. The van der Waals surface area contributed by atoms with Crippen LogP contribution in [0.3, 0.4) is 0 Å². The molecule has 2 atom stereocenters. The highest BCUT2D eigenvalue weighted by molar-refractivity contribution is 5.87.